The van der Waals surface area contributed by atoms with Gasteiger partial charge in [0.25, 0.3) is 0 Å². The van der Waals surface area contributed by atoms with E-state index < -0.39 is 0 Å². The maximum Gasteiger partial charge on any atom is 0.231 e. The lowest BCUT2D eigenvalue weighted by Crippen LogP contribution is -1.94. The summed E-state index contributed by atoms with van der Waals surface area (Å²) in [6.07, 6.45) is 0.757. The third kappa shape index (κ3) is 2.55. The van der Waals surface area contributed by atoms with Gasteiger partial charge in [-0.2, -0.15) is 0 Å². The van der Waals surface area contributed by atoms with Gasteiger partial charge < -0.3 is 24.1 Å². The number of carbonyl (C=O) groups is 1. The zero-order chi connectivity index (χ0) is 14.7. The van der Waals surface area contributed by atoms with Crippen LogP contribution in [0.4, 0.5) is 0 Å². The number of hydrogen-bond donors (Lipinski definition) is 1. The van der Waals surface area contributed by atoms with Gasteiger partial charge in [-0.25, -0.2) is 0 Å². The first-order chi connectivity index (χ1) is 10.3. The molecule has 21 heavy (non-hydrogen) atoms. The summed E-state index contributed by atoms with van der Waals surface area (Å²) in [6, 6.07) is 10.3. The average Bonchev–Trinajstić information content (AvgIpc) is 3.16. The van der Waals surface area contributed by atoms with Crippen LogP contribution in [0.1, 0.15) is 10.4 Å². The molecule has 0 spiro atoms. The second-order valence-corrected chi connectivity index (χ2v) is 4.21. The molecule has 6 heteroatoms. The van der Waals surface area contributed by atoms with Crippen LogP contribution in [0.25, 0.3) is 0 Å². The van der Waals surface area contributed by atoms with Crippen molar-refractivity contribution in [3.63, 3.8) is 0 Å². The number of aromatic hydroxyl groups is 1. The van der Waals surface area contributed by atoms with Crippen molar-refractivity contribution in [2.75, 3.05) is 13.6 Å². The molecule has 2 heterocycles. The first-order valence-electron chi connectivity index (χ1n) is 6.21. The first-order valence-corrected chi connectivity index (χ1v) is 6.21. The summed E-state index contributed by atoms with van der Waals surface area (Å²) < 4.78 is 20.1. The second-order valence-electron chi connectivity index (χ2n) is 4.21. The molecule has 2 aromatic rings. The molecule has 0 radical (unpaired) electrons. The predicted molar refractivity (Wildman–Crippen MR) is 72.2 cm³/mol. The van der Waals surface area contributed by atoms with Gasteiger partial charge in [0.15, 0.2) is 29.3 Å². The third-order valence-electron chi connectivity index (χ3n) is 2.93. The number of fused-ring (bicyclic) bond motifs is 2. The summed E-state index contributed by atoms with van der Waals surface area (Å²) in [5, 5.41) is 9.13. The number of benzene rings is 2. The summed E-state index contributed by atoms with van der Waals surface area (Å²) in [5.41, 5.74) is 0.542. The summed E-state index contributed by atoms with van der Waals surface area (Å²) >= 11 is 0. The molecule has 0 saturated carbocycles. The molecule has 2 aliphatic rings. The fourth-order valence-corrected chi connectivity index (χ4v) is 1.96. The summed E-state index contributed by atoms with van der Waals surface area (Å²) in [4.78, 5) is 10.4. The van der Waals surface area contributed by atoms with Gasteiger partial charge in [0.2, 0.25) is 19.3 Å². The van der Waals surface area contributed by atoms with Gasteiger partial charge in [-0.3, -0.25) is 4.79 Å². The number of ether oxygens (including phenoxy) is 4. The van der Waals surface area contributed by atoms with Gasteiger partial charge in [-0.05, 0) is 24.3 Å². The minimum atomic E-state index is 0.134. The molecular formula is C15H12O6. The van der Waals surface area contributed by atoms with Crippen LogP contribution in [0.2, 0.25) is 0 Å². The number of hydrogen-bond acceptors (Lipinski definition) is 6. The predicted octanol–water partition coefficient (Wildman–Crippen LogP) is 2.35. The minimum absolute atomic E-state index is 0.134. The van der Waals surface area contributed by atoms with Crippen LogP contribution < -0.4 is 18.9 Å². The Morgan fingerprint density at radius 1 is 0.857 bits per heavy atom. The maximum absolute atomic E-state index is 10.4. The van der Waals surface area contributed by atoms with Gasteiger partial charge >= 0.3 is 0 Å². The molecule has 2 aliphatic heterocycles. The Morgan fingerprint density at radius 2 is 1.48 bits per heavy atom. The molecule has 0 amide bonds. The molecule has 0 aliphatic carbocycles. The van der Waals surface area contributed by atoms with Crippen LogP contribution in [-0.2, 0) is 0 Å². The van der Waals surface area contributed by atoms with Crippen LogP contribution >= 0.6 is 0 Å². The van der Waals surface area contributed by atoms with Crippen LogP contribution in [0.5, 0.6) is 28.7 Å². The second kappa shape index (κ2) is 5.62. The quantitative estimate of drug-likeness (QED) is 0.812. The van der Waals surface area contributed by atoms with Gasteiger partial charge in [-0.1, -0.05) is 12.1 Å². The number of rotatable bonds is 1. The monoisotopic (exact) mass is 288 g/mol. The maximum atomic E-state index is 10.4. The Kier molecular flexibility index (Phi) is 3.51. The molecule has 0 atom stereocenters. The van der Waals surface area contributed by atoms with E-state index in [0.717, 1.165) is 6.29 Å². The van der Waals surface area contributed by atoms with E-state index in [-0.39, 0.29) is 19.3 Å². The smallest absolute Gasteiger partial charge is 0.231 e. The Bertz CT molecular complexity index is 667. The van der Waals surface area contributed by atoms with E-state index in [1.807, 2.05) is 0 Å². The van der Waals surface area contributed by atoms with Crippen LogP contribution in [0.15, 0.2) is 36.4 Å². The van der Waals surface area contributed by atoms with Gasteiger partial charge in [-0.15, -0.1) is 0 Å². The van der Waals surface area contributed by atoms with Crippen LogP contribution in [0, 0.1) is 0 Å². The Balaban J connectivity index is 0.000000126. The number of carbonyl (C=O) groups excluding carboxylic acids is 1. The Labute approximate surface area is 120 Å². The largest absolute Gasteiger partial charge is 0.504 e. The SMILES string of the molecule is O=Cc1cccc2c1OCO2.Oc1cccc2c1OCO2. The lowest BCUT2D eigenvalue weighted by atomic mass is 10.2. The van der Waals surface area contributed by atoms with Gasteiger partial charge in [0, 0.05) is 0 Å². The van der Waals surface area contributed by atoms with Gasteiger partial charge in [0.05, 0.1) is 5.56 Å². The van der Waals surface area contributed by atoms with E-state index >= 15 is 0 Å². The molecule has 6 nitrogen and oxygen atoms in total. The molecule has 2 aromatic carbocycles. The van der Waals surface area contributed by atoms with E-state index in [4.69, 9.17) is 24.1 Å². The van der Waals surface area contributed by atoms with E-state index in [0.29, 0.717) is 28.6 Å². The number of phenolic OH excluding ortho intramolecular Hbond substituents is 1. The van der Waals surface area contributed by atoms with Gasteiger partial charge in [0.1, 0.15) is 0 Å². The molecular weight excluding hydrogens is 276 g/mol. The molecule has 108 valence electrons. The first kappa shape index (κ1) is 13.1. The van der Waals surface area contributed by atoms with Crippen molar-refractivity contribution in [3.05, 3.63) is 42.0 Å². The van der Waals surface area contributed by atoms with Crippen molar-refractivity contribution in [2.24, 2.45) is 0 Å². The summed E-state index contributed by atoms with van der Waals surface area (Å²) in [7, 11) is 0. The highest BCUT2D eigenvalue weighted by atomic mass is 16.7. The fourth-order valence-electron chi connectivity index (χ4n) is 1.96. The van der Waals surface area contributed by atoms with Crippen molar-refractivity contribution in [2.45, 2.75) is 0 Å². The van der Waals surface area contributed by atoms with Crippen molar-refractivity contribution in [1.82, 2.24) is 0 Å². The average molecular weight is 288 g/mol. The molecule has 0 unspecified atom stereocenters. The molecule has 1 N–H and O–H groups in total. The Hall–Kier alpha value is -2.89. The van der Waals surface area contributed by atoms with Crippen molar-refractivity contribution in [1.29, 1.82) is 0 Å². The summed E-state index contributed by atoms with van der Waals surface area (Å²) in [5.74, 6) is 2.40. The molecule has 0 bridgehead atoms. The summed E-state index contributed by atoms with van der Waals surface area (Å²) in [6.45, 7) is 0.410. The highest BCUT2D eigenvalue weighted by Crippen LogP contribution is 2.39. The normalized spacial score (nSPS) is 13.3. The van der Waals surface area contributed by atoms with Crippen molar-refractivity contribution < 1.29 is 28.8 Å². The van der Waals surface area contributed by atoms with E-state index in [1.54, 1.807) is 36.4 Å². The third-order valence-corrected chi connectivity index (χ3v) is 2.93. The number of para-hydroxylation sites is 2. The molecule has 0 fully saturated rings. The fraction of sp³-hybridized carbons (Fsp3) is 0.133. The molecule has 0 aromatic heterocycles. The lowest BCUT2D eigenvalue weighted by Gasteiger charge is -1.96. The van der Waals surface area contributed by atoms with E-state index in [9.17, 15) is 4.79 Å². The van der Waals surface area contributed by atoms with E-state index in [1.165, 1.54) is 0 Å². The van der Waals surface area contributed by atoms with Crippen LogP contribution in [0.3, 0.4) is 0 Å². The highest BCUT2D eigenvalue weighted by molar-refractivity contribution is 5.81. The molecule has 4 rings (SSSR count). The van der Waals surface area contributed by atoms with Crippen molar-refractivity contribution >= 4 is 6.29 Å². The standard InChI is InChI=1S/C8H6O3.C7H6O3/c9-4-6-2-1-3-7-8(6)11-5-10-7;8-5-2-1-3-6-7(5)10-4-9-6/h1-4H,5H2;1-3,8H,4H2. The lowest BCUT2D eigenvalue weighted by molar-refractivity contribution is 0.111. The zero-order valence-electron chi connectivity index (χ0n) is 10.9. The van der Waals surface area contributed by atoms with Crippen molar-refractivity contribution in [3.8, 4) is 28.7 Å². The van der Waals surface area contributed by atoms with E-state index in [2.05, 4.69) is 0 Å². The minimum Gasteiger partial charge on any atom is -0.504 e. The van der Waals surface area contributed by atoms with Crippen LogP contribution in [-0.4, -0.2) is 25.0 Å². The number of aldehydes is 1. The number of phenols is 1. The Morgan fingerprint density at radius 3 is 2.14 bits per heavy atom. The zero-order valence-corrected chi connectivity index (χ0v) is 10.9. The topological polar surface area (TPSA) is 74.2 Å². The molecule has 0 saturated heterocycles. The highest BCUT2D eigenvalue weighted by Gasteiger charge is 2.16.